The molecule has 1 aromatic rings. The zero-order chi connectivity index (χ0) is 13.2. The molecular formula is C8H7BClF3O4. The number of hydrogen-bond acceptors (Lipinski definition) is 4. The molecule has 0 aliphatic heterocycles. The molecule has 1 aromatic carbocycles. The molecule has 9 heteroatoms. The lowest BCUT2D eigenvalue weighted by Gasteiger charge is -2.14. The summed E-state index contributed by atoms with van der Waals surface area (Å²) in [5, 5.41) is 16.5. The van der Waals surface area contributed by atoms with Crippen LogP contribution in [0.2, 0.25) is 5.02 Å². The second-order valence-corrected chi connectivity index (χ2v) is 3.33. The van der Waals surface area contributed by atoms with Crippen LogP contribution >= 0.6 is 11.6 Å². The molecule has 0 aliphatic rings. The fraction of sp³-hybridized carbons (Fsp3) is 0.250. The minimum absolute atomic E-state index is 0.305. The molecule has 0 saturated carbocycles. The average molecular weight is 270 g/mol. The molecule has 0 aliphatic carbocycles. The van der Waals surface area contributed by atoms with Crippen LogP contribution in [0.1, 0.15) is 5.56 Å². The van der Waals surface area contributed by atoms with Gasteiger partial charge < -0.3 is 19.4 Å². The first-order valence-corrected chi connectivity index (χ1v) is 4.61. The number of rotatable bonds is 3. The van der Waals surface area contributed by atoms with Gasteiger partial charge in [-0.05, 0) is 6.07 Å². The Morgan fingerprint density at radius 3 is 2.24 bits per heavy atom. The van der Waals surface area contributed by atoms with Crippen molar-refractivity contribution in [1.29, 1.82) is 0 Å². The predicted molar refractivity (Wildman–Crippen MR) is 53.8 cm³/mol. The fourth-order valence-corrected chi connectivity index (χ4v) is 1.38. The van der Waals surface area contributed by atoms with Crippen molar-refractivity contribution in [3.05, 3.63) is 22.7 Å². The SMILES string of the molecule is COc1cc(C(F)(F)F)c(Cl)cc1OB(O)O. The number of alkyl halides is 3. The first kappa shape index (κ1) is 13.9. The number of hydrogen-bond donors (Lipinski definition) is 2. The number of benzene rings is 1. The van der Waals surface area contributed by atoms with Gasteiger partial charge >= 0.3 is 13.5 Å². The highest BCUT2D eigenvalue weighted by Crippen LogP contribution is 2.41. The zero-order valence-corrected chi connectivity index (χ0v) is 9.21. The van der Waals surface area contributed by atoms with E-state index in [2.05, 4.69) is 9.39 Å². The molecule has 1 rings (SSSR count). The molecule has 0 unspecified atom stereocenters. The largest absolute Gasteiger partial charge is 0.707 e. The van der Waals surface area contributed by atoms with E-state index in [9.17, 15) is 13.2 Å². The summed E-state index contributed by atoms with van der Waals surface area (Å²) in [6.45, 7) is 0. The summed E-state index contributed by atoms with van der Waals surface area (Å²) in [5.41, 5.74) is -1.10. The van der Waals surface area contributed by atoms with Crippen LogP contribution in [-0.4, -0.2) is 24.5 Å². The number of methoxy groups -OCH3 is 1. The van der Waals surface area contributed by atoms with Gasteiger partial charge in [-0.2, -0.15) is 13.2 Å². The third kappa shape index (κ3) is 3.42. The van der Waals surface area contributed by atoms with E-state index in [4.69, 9.17) is 21.6 Å². The maximum absolute atomic E-state index is 12.5. The van der Waals surface area contributed by atoms with Crippen molar-refractivity contribution in [3.8, 4) is 11.5 Å². The van der Waals surface area contributed by atoms with Gasteiger partial charge in [-0.3, -0.25) is 0 Å². The lowest BCUT2D eigenvalue weighted by Crippen LogP contribution is -2.21. The first-order chi connectivity index (χ1) is 7.75. The van der Waals surface area contributed by atoms with Crippen molar-refractivity contribution < 1.29 is 32.6 Å². The molecule has 0 heterocycles. The Bertz CT molecular complexity index is 410. The van der Waals surface area contributed by atoms with E-state index >= 15 is 0 Å². The van der Waals surface area contributed by atoms with E-state index < -0.39 is 24.1 Å². The van der Waals surface area contributed by atoms with Crippen molar-refractivity contribution in [3.63, 3.8) is 0 Å². The van der Waals surface area contributed by atoms with Crippen LogP contribution in [0.15, 0.2) is 12.1 Å². The fourth-order valence-electron chi connectivity index (χ4n) is 1.12. The lowest BCUT2D eigenvalue weighted by molar-refractivity contribution is -0.137. The van der Waals surface area contributed by atoms with Crippen molar-refractivity contribution in [2.24, 2.45) is 0 Å². The second-order valence-electron chi connectivity index (χ2n) is 2.92. The number of ether oxygens (including phenoxy) is 1. The zero-order valence-electron chi connectivity index (χ0n) is 8.45. The maximum Gasteiger partial charge on any atom is 0.707 e. The molecule has 0 atom stereocenters. The van der Waals surface area contributed by atoms with E-state index in [1.165, 1.54) is 0 Å². The summed E-state index contributed by atoms with van der Waals surface area (Å²) >= 11 is 5.41. The van der Waals surface area contributed by atoms with Crippen LogP contribution in [0.4, 0.5) is 13.2 Å². The Labute approximate surface area is 99.7 Å². The van der Waals surface area contributed by atoms with Gasteiger partial charge in [0.25, 0.3) is 0 Å². The molecule has 0 amide bonds. The minimum atomic E-state index is -4.64. The van der Waals surface area contributed by atoms with Gasteiger partial charge in [0.2, 0.25) is 0 Å². The molecule has 17 heavy (non-hydrogen) atoms. The Kier molecular flexibility index (Phi) is 4.13. The highest BCUT2D eigenvalue weighted by molar-refractivity contribution is 6.34. The quantitative estimate of drug-likeness (QED) is 0.821. The highest BCUT2D eigenvalue weighted by Gasteiger charge is 2.35. The molecule has 0 saturated heterocycles. The van der Waals surface area contributed by atoms with Crippen LogP contribution < -0.4 is 9.39 Å². The predicted octanol–water partition coefficient (Wildman–Crippen LogP) is 1.72. The third-order valence-corrected chi connectivity index (χ3v) is 2.10. The smallest absolute Gasteiger partial charge is 0.509 e. The van der Waals surface area contributed by atoms with Gasteiger partial charge in [0.05, 0.1) is 17.7 Å². The molecule has 0 radical (unpaired) electrons. The van der Waals surface area contributed by atoms with Crippen molar-refractivity contribution in [1.82, 2.24) is 0 Å². The van der Waals surface area contributed by atoms with Crippen LogP contribution in [0.3, 0.4) is 0 Å². The maximum atomic E-state index is 12.5. The Morgan fingerprint density at radius 1 is 1.24 bits per heavy atom. The number of halogens is 4. The molecule has 0 aromatic heterocycles. The van der Waals surface area contributed by atoms with Crippen LogP contribution in [0, 0.1) is 0 Å². The summed E-state index contributed by atoms with van der Waals surface area (Å²) < 4.78 is 46.5. The molecule has 0 bridgehead atoms. The molecule has 4 nitrogen and oxygen atoms in total. The van der Waals surface area contributed by atoms with Gasteiger partial charge in [-0.25, -0.2) is 0 Å². The normalized spacial score (nSPS) is 11.2. The third-order valence-electron chi connectivity index (χ3n) is 1.79. The van der Waals surface area contributed by atoms with Gasteiger partial charge in [0.15, 0.2) is 5.75 Å². The molecule has 2 N–H and O–H groups in total. The summed E-state index contributed by atoms with van der Waals surface area (Å²) in [7, 11) is -1.07. The van der Waals surface area contributed by atoms with E-state index in [0.717, 1.165) is 13.2 Å². The lowest BCUT2D eigenvalue weighted by atomic mass is 10.1. The van der Waals surface area contributed by atoms with E-state index in [0.29, 0.717) is 6.07 Å². The second kappa shape index (κ2) is 5.03. The monoisotopic (exact) mass is 270 g/mol. The molecule has 0 spiro atoms. The van der Waals surface area contributed by atoms with Crippen LogP contribution in [0.5, 0.6) is 11.5 Å². The molecule has 0 fully saturated rings. The Hall–Kier alpha value is -1.12. The highest BCUT2D eigenvalue weighted by atomic mass is 35.5. The van der Waals surface area contributed by atoms with E-state index in [1.807, 2.05) is 0 Å². The average Bonchev–Trinajstić information content (AvgIpc) is 2.14. The van der Waals surface area contributed by atoms with Crippen molar-refractivity contribution in [2.75, 3.05) is 7.11 Å². The summed E-state index contributed by atoms with van der Waals surface area (Å²) in [6.07, 6.45) is -4.64. The standard InChI is InChI=1S/C8H7BClF3O4/c1-16-6-2-4(8(11,12)13)5(10)3-7(6)17-9(14)15/h2-3,14-15H,1H3. The van der Waals surface area contributed by atoms with Crippen molar-refractivity contribution in [2.45, 2.75) is 6.18 Å². The summed E-state index contributed by atoms with van der Waals surface area (Å²) in [4.78, 5) is 0. The Morgan fingerprint density at radius 2 is 1.82 bits per heavy atom. The van der Waals surface area contributed by atoms with Crippen LogP contribution in [-0.2, 0) is 6.18 Å². The van der Waals surface area contributed by atoms with E-state index in [-0.39, 0.29) is 11.5 Å². The van der Waals surface area contributed by atoms with Crippen molar-refractivity contribution >= 4 is 18.9 Å². The van der Waals surface area contributed by atoms with Gasteiger partial charge in [0, 0.05) is 6.07 Å². The minimum Gasteiger partial charge on any atom is -0.509 e. The summed E-state index contributed by atoms with van der Waals surface area (Å²) in [6, 6.07) is 1.41. The summed E-state index contributed by atoms with van der Waals surface area (Å²) in [5.74, 6) is -0.615. The van der Waals surface area contributed by atoms with E-state index in [1.54, 1.807) is 0 Å². The van der Waals surface area contributed by atoms with Gasteiger partial charge in [0.1, 0.15) is 5.75 Å². The van der Waals surface area contributed by atoms with Crippen LogP contribution in [0.25, 0.3) is 0 Å². The van der Waals surface area contributed by atoms with Gasteiger partial charge in [-0.15, -0.1) is 0 Å². The topological polar surface area (TPSA) is 58.9 Å². The van der Waals surface area contributed by atoms with Gasteiger partial charge in [-0.1, -0.05) is 11.6 Å². The first-order valence-electron chi connectivity index (χ1n) is 4.23. The molecular weight excluding hydrogens is 263 g/mol. The Balaban J connectivity index is 3.25. The molecule has 94 valence electrons.